The van der Waals surface area contributed by atoms with Crippen molar-refractivity contribution in [2.75, 3.05) is 20.1 Å². The van der Waals surface area contributed by atoms with E-state index in [9.17, 15) is 13.2 Å². The number of nitrogens with one attached hydrogen (secondary N) is 1. The second kappa shape index (κ2) is 7.72. The van der Waals surface area contributed by atoms with Crippen LogP contribution in [0.25, 0.3) is 0 Å². The van der Waals surface area contributed by atoms with Crippen LogP contribution in [-0.4, -0.2) is 38.8 Å². The molecule has 1 heterocycles. The predicted octanol–water partition coefficient (Wildman–Crippen LogP) is 2.04. The number of sulfonamides is 1. The molecule has 0 aliphatic rings. The van der Waals surface area contributed by atoms with E-state index in [1.165, 1.54) is 24.2 Å². The fourth-order valence-corrected chi connectivity index (χ4v) is 4.46. The normalized spacial score (nSPS) is 11.6. The number of aryl methyl sites for hydroxylation is 1. The number of hydrogen-bond donors (Lipinski definition) is 1. The highest BCUT2D eigenvalue weighted by atomic mass is 32.2. The van der Waals surface area contributed by atoms with E-state index in [0.29, 0.717) is 6.54 Å². The third-order valence-corrected chi connectivity index (χ3v) is 6.68. The van der Waals surface area contributed by atoms with Gasteiger partial charge in [0.15, 0.2) is 0 Å². The first-order valence-electron chi connectivity index (χ1n) is 7.22. The summed E-state index contributed by atoms with van der Waals surface area (Å²) in [5, 5.41) is 4.46. The first-order valence-corrected chi connectivity index (χ1v) is 9.54. The highest BCUT2D eigenvalue weighted by Gasteiger charge is 2.23. The zero-order valence-electron chi connectivity index (χ0n) is 13.2. The molecule has 23 heavy (non-hydrogen) atoms. The number of carbonyl (C=O) groups is 1. The number of thiophene rings is 1. The summed E-state index contributed by atoms with van der Waals surface area (Å²) in [6, 6.07) is 11.2. The van der Waals surface area contributed by atoms with Crippen molar-refractivity contribution in [2.45, 2.75) is 17.6 Å². The van der Waals surface area contributed by atoms with Crippen molar-refractivity contribution < 1.29 is 13.2 Å². The molecule has 124 valence electrons. The lowest BCUT2D eigenvalue weighted by atomic mass is 10.1. The Morgan fingerprint density at radius 1 is 1.22 bits per heavy atom. The van der Waals surface area contributed by atoms with Crippen molar-refractivity contribution in [2.24, 2.45) is 0 Å². The lowest BCUT2D eigenvalue weighted by Gasteiger charge is -2.15. The van der Waals surface area contributed by atoms with Crippen molar-refractivity contribution in [3.05, 3.63) is 52.9 Å². The van der Waals surface area contributed by atoms with Crippen LogP contribution in [0.5, 0.6) is 0 Å². The average molecular weight is 352 g/mol. The smallest absolute Gasteiger partial charge is 0.252 e. The number of benzene rings is 1. The number of hydrogen-bond acceptors (Lipinski definition) is 4. The molecule has 0 saturated heterocycles. The molecular formula is C16H20N2O3S2. The summed E-state index contributed by atoms with van der Waals surface area (Å²) in [7, 11) is -2.17. The molecule has 7 heteroatoms. The number of rotatable bonds is 7. The highest BCUT2D eigenvalue weighted by Crippen LogP contribution is 2.19. The molecule has 1 N–H and O–H groups in total. The molecule has 0 atom stereocenters. The van der Waals surface area contributed by atoms with Gasteiger partial charge in [-0.15, -0.1) is 11.3 Å². The molecule has 0 radical (unpaired) electrons. The molecular weight excluding hydrogens is 332 g/mol. The number of amides is 1. The SMILES string of the molecule is Cc1ccccc1CCNC(=O)CN(C)S(=O)(=O)c1cccs1. The Bertz CT molecular complexity index is 755. The monoisotopic (exact) mass is 352 g/mol. The summed E-state index contributed by atoms with van der Waals surface area (Å²) < 4.78 is 25.8. The van der Waals surface area contributed by atoms with Gasteiger partial charge in [0.2, 0.25) is 5.91 Å². The van der Waals surface area contributed by atoms with Crippen LogP contribution in [0.1, 0.15) is 11.1 Å². The van der Waals surface area contributed by atoms with E-state index in [-0.39, 0.29) is 16.7 Å². The van der Waals surface area contributed by atoms with Crippen molar-refractivity contribution >= 4 is 27.3 Å². The van der Waals surface area contributed by atoms with E-state index in [0.717, 1.165) is 22.1 Å². The lowest BCUT2D eigenvalue weighted by Crippen LogP contribution is -2.38. The molecule has 2 rings (SSSR count). The average Bonchev–Trinajstić information content (AvgIpc) is 3.04. The molecule has 0 aliphatic heterocycles. The van der Waals surface area contributed by atoms with Gasteiger partial charge in [0, 0.05) is 13.6 Å². The highest BCUT2D eigenvalue weighted by molar-refractivity contribution is 7.91. The van der Waals surface area contributed by atoms with Crippen molar-refractivity contribution in [1.82, 2.24) is 9.62 Å². The summed E-state index contributed by atoms with van der Waals surface area (Å²) in [5.74, 6) is -0.304. The molecule has 1 aromatic carbocycles. The van der Waals surface area contributed by atoms with Crippen LogP contribution in [0, 0.1) is 6.92 Å². The summed E-state index contributed by atoms with van der Waals surface area (Å²) in [6.07, 6.45) is 0.722. The number of carbonyl (C=O) groups excluding carboxylic acids is 1. The Morgan fingerprint density at radius 2 is 1.96 bits per heavy atom. The summed E-state index contributed by atoms with van der Waals surface area (Å²) in [5.41, 5.74) is 2.35. The fraction of sp³-hybridized carbons (Fsp3) is 0.312. The number of likely N-dealkylation sites (N-methyl/N-ethyl adjacent to an activating group) is 1. The first-order chi connectivity index (χ1) is 10.9. The van der Waals surface area contributed by atoms with Crippen LogP contribution >= 0.6 is 11.3 Å². The Balaban J connectivity index is 1.84. The maximum absolute atomic E-state index is 12.2. The Morgan fingerprint density at radius 3 is 2.61 bits per heavy atom. The van der Waals surface area contributed by atoms with Gasteiger partial charge in [-0.3, -0.25) is 4.79 Å². The van der Waals surface area contributed by atoms with Gasteiger partial charge in [0.05, 0.1) is 6.54 Å². The molecule has 2 aromatic rings. The topological polar surface area (TPSA) is 66.5 Å². The summed E-state index contributed by atoms with van der Waals surface area (Å²) >= 11 is 1.14. The van der Waals surface area contributed by atoms with Gasteiger partial charge >= 0.3 is 0 Å². The van der Waals surface area contributed by atoms with Crippen molar-refractivity contribution in [3.63, 3.8) is 0 Å². The quantitative estimate of drug-likeness (QED) is 0.829. The second-order valence-electron chi connectivity index (χ2n) is 5.22. The zero-order chi connectivity index (χ0) is 16.9. The van der Waals surface area contributed by atoms with Gasteiger partial charge in [-0.2, -0.15) is 4.31 Å². The predicted molar refractivity (Wildman–Crippen MR) is 92.0 cm³/mol. The molecule has 1 amide bonds. The Kier molecular flexibility index (Phi) is 5.92. The van der Waals surface area contributed by atoms with E-state index in [1.807, 2.05) is 31.2 Å². The summed E-state index contributed by atoms with van der Waals surface area (Å²) in [4.78, 5) is 11.9. The minimum atomic E-state index is -3.58. The van der Waals surface area contributed by atoms with Gasteiger partial charge < -0.3 is 5.32 Å². The van der Waals surface area contributed by atoms with Gasteiger partial charge in [-0.05, 0) is 35.9 Å². The Hall–Kier alpha value is -1.70. The summed E-state index contributed by atoms with van der Waals surface area (Å²) in [6.45, 7) is 2.32. The molecule has 0 fully saturated rings. The van der Waals surface area contributed by atoms with E-state index in [4.69, 9.17) is 0 Å². The van der Waals surface area contributed by atoms with Crippen LogP contribution in [0.3, 0.4) is 0 Å². The van der Waals surface area contributed by atoms with Crippen LogP contribution in [0.15, 0.2) is 46.0 Å². The zero-order valence-corrected chi connectivity index (χ0v) is 14.8. The van der Waals surface area contributed by atoms with Gasteiger partial charge in [0.25, 0.3) is 10.0 Å². The third-order valence-electron chi connectivity index (χ3n) is 3.50. The van der Waals surface area contributed by atoms with E-state index in [1.54, 1.807) is 11.4 Å². The molecule has 0 saturated carbocycles. The largest absolute Gasteiger partial charge is 0.355 e. The number of nitrogens with zero attached hydrogens (tertiary/aromatic N) is 1. The third kappa shape index (κ3) is 4.63. The molecule has 5 nitrogen and oxygen atoms in total. The van der Waals surface area contributed by atoms with Crippen LogP contribution in [0.2, 0.25) is 0 Å². The van der Waals surface area contributed by atoms with Crippen molar-refractivity contribution in [3.8, 4) is 0 Å². The van der Waals surface area contributed by atoms with E-state index < -0.39 is 10.0 Å². The van der Waals surface area contributed by atoms with Crippen LogP contribution in [0.4, 0.5) is 0 Å². The van der Waals surface area contributed by atoms with Gasteiger partial charge in [-0.25, -0.2) is 8.42 Å². The standard InChI is InChI=1S/C16H20N2O3S2/c1-13-6-3-4-7-14(13)9-10-17-15(19)12-18(2)23(20,21)16-8-5-11-22-16/h3-8,11H,9-10,12H2,1-2H3,(H,17,19). The van der Waals surface area contributed by atoms with E-state index >= 15 is 0 Å². The maximum atomic E-state index is 12.2. The van der Waals surface area contributed by atoms with Crippen molar-refractivity contribution in [1.29, 1.82) is 0 Å². The lowest BCUT2D eigenvalue weighted by molar-refractivity contribution is -0.121. The minimum Gasteiger partial charge on any atom is -0.355 e. The minimum absolute atomic E-state index is 0.187. The van der Waals surface area contributed by atoms with Gasteiger partial charge in [-0.1, -0.05) is 30.3 Å². The molecule has 1 aromatic heterocycles. The molecule has 0 bridgehead atoms. The molecule has 0 aliphatic carbocycles. The maximum Gasteiger partial charge on any atom is 0.252 e. The van der Waals surface area contributed by atoms with E-state index in [2.05, 4.69) is 5.32 Å². The molecule has 0 unspecified atom stereocenters. The second-order valence-corrected chi connectivity index (χ2v) is 8.44. The van der Waals surface area contributed by atoms with Gasteiger partial charge in [0.1, 0.15) is 4.21 Å². The Labute approximate surface area is 141 Å². The first kappa shape index (κ1) is 17.7. The van der Waals surface area contributed by atoms with Crippen LogP contribution in [-0.2, 0) is 21.2 Å². The van der Waals surface area contributed by atoms with Crippen LogP contribution < -0.4 is 5.32 Å². The molecule has 0 spiro atoms. The fourth-order valence-electron chi connectivity index (χ4n) is 2.13.